The highest BCUT2D eigenvalue weighted by Gasteiger charge is 2.16. The molecule has 2 N–H and O–H groups in total. The lowest BCUT2D eigenvalue weighted by molar-refractivity contribution is 0.235. The van der Waals surface area contributed by atoms with Crippen molar-refractivity contribution in [1.29, 1.82) is 0 Å². The predicted octanol–water partition coefficient (Wildman–Crippen LogP) is 5.09. The van der Waals surface area contributed by atoms with Gasteiger partial charge in [0.05, 0.1) is 12.6 Å². The molecule has 0 heterocycles. The zero-order chi connectivity index (χ0) is 19.8. The number of amides is 2. The lowest BCUT2D eigenvalue weighted by Gasteiger charge is -2.22. The first-order chi connectivity index (χ1) is 13.7. The number of benzene rings is 2. The van der Waals surface area contributed by atoms with Crippen molar-refractivity contribution in [3.05, 3.63) is 64.7 Å². The van der Waals surface area contributed by atoms with E-state index < -0.39 is 0 Å². The van der Waals surface area contributed by atoms with Crippen LogP contribution in [0.3, 0.4) is 0 Å². The Kier molecular flexibility index (Phi) is 7.35. The van der Waals surface area contributed by atoms with Crippen molar-refractivity contribution in [1.82, 2.24) is 10.6 Å². The van der Waals surface area contributed by atoms with Crippen LogP contribution in [0.1, 0.15) is 60.9 Å². The molecule has 28 heavy (non-hydrogen) atoms. The fraction of sp³-hybridized carbons (Fsp3) is 0.458. The number of hydrogen-bond donors (Lipinski definition) is 2. The molecule has 0 radical (unpaired) electrons. The number of hydrogen-bond acceptors (Lipinski definition) is 2. The zero-order valence-electron chi connectivity index (χ0n) is 17.1. The first kappa shape index (κ1) is 20.2. The van der Waals surface area contributed by atoms with Gasteiger partial charge in [0.1, 0.15) is 5.75 Å². The zero-order valence-corrected chi connectivity index (χ0v) is 17.1. The lowest BCUT2D eigenvalue weighted by Crippen LogP contribution is -2.38. The first-order valence-corrected chi connectivity index (χ1v) is 10.5. The van der Waals surface area contributed by atoms with Gasteiger partial charge in [-0.2, -0.15) is 0 Å². The molecule has 4 heteroatoms. The number of ether oxygens (including phenoxy) is 1. The number of para-hydroxylation sites is 1. The highest BCUT2D eigenvalue weighted by molar-refractivity contribution is 5.74. The highest BCUT2D eigenvalue weighted by atomic mass is 16.5. The van der Waals surface area contributed by atoms with Gasteiger partial charge in [-0.05, 0) is 73.8 Å². The monoisotopic (exact) mass is 380 g/mol. The fourth-order valence-corrected chi connectivity index (χ4v) is 3.78. The SMILES string of the molecule is CCC(NC(=O)NCCCOc1ccccc1C)c1ccc2c(c1)CCCC2. The summed E-state index contributed by atoms with van der Waals surface area (Å²) in [5.41, 5.74) is 5.27. The Morgan fingerprint density at radius 2 is 1.89 bits per heavy atom. The van der Waals surface area contributed by atoms with Crippen LogP contribution >= 0.6 is 0 Å². The van der Waals surface area contributed by atoms with Gasteiger partial charge < -0.3 is 15.4 Å². The van der Waals surface area contributed by atoms with E-state index in [1.807, 2.05) is 31.2 Å². The van der Waals surface area contributed by atoms with Gasteiger partial charge in [0.25, 0.3) is 0 Å². The van der Waals surface area contributed by atoms with Gasteiger partial charge in [0, 0.05) is 6.54 Å². The number of urea groups is 1. The Hall–Kier alpha value is -2.49. The van der Waals surface area contributed by atoms with Crippen LogP contribution in [0, 0.1) is 6.92 Å². The average molecular weight is 381 g/mol. The van der Waals surface area contributed by atoms with Crippen LogP contribution in [0.15, 0.2) is 42.5 Å². The van der Waals surface area contributed by atoms with Crippen molar-refractivity contribution in [2.45, 2.75) is 58.4 Å². The van der Waals surface area contributed by atoms with Crippen LogP contribution in [0.2, 0.25) is 0 Å². The third-order valence-corrected chi connectivity index (χ3v) is 5.45. The van der Waals surface area contributed by atoms with Crippen LogP contribution in [-0.2, 0) is 12.8 Å². The molecule has 1 aliphatic carbocycles. The second-order valence-corrected chi connectivity index (χ2v) is 7.56. The second kappa shape index (κ2) is 10.2. The number of nitrogens with one attached hydrogen (secondary N) is 2. The number of rotatable bonds is 8. The van der Waals surface area contributed by atoms with E-state index in [1.54, 1.807) is 0 Å². The smallest absolute Gasteiger partial charge is 0.315 e. The Balaban J connectivity index is 1.42. The molecule has 0 saturated carbocycles. The molecule has 0 aliphatic heterocycles. The van der Waals surface area contributed by atoms with E-state index in [0.717, 1.165) is 30.6 Å². The Morgan fingerprint density at radius 1 is 1.11 bits per heavy atom. The van der Waals surface area contributed by atoms with E-state index in [2.05, 4.69) is 35.8 Å². The van der Waals surface area contributed by atoms with E-state index in [4.69, 9.17) is 4.74 Å². The summed E-state index contributed by atoms with van der Waals surface area (Å²) in [4.78, 5) is 12.3. The van der Waals surface area contributed by atoms with Crippen LogP contribution in [0.25, 0.3) is 0 Å². The lowest BCUT2D eigenvalue weighted by atomic mass is 9.89. The summed E-state index contributed by atoms with van der Waals surface area (Å²) in [7, 11) is 0. The van der Waals surface area contributed by atoms with Crippen LogP contribution in [-0.4, -0.2) is 19.2 Å². The van der Waals surface area contributed by atoms with Crippen molar-refractivity contribution >= 4 is 6.03 Å². The van der Waals surface area contributed by atoms with Crippen molar-refractivity contribution < 1.29 is 9.53 Å². The summed E-state index contributed by atoms with van der Waals surface area (Å²) in [5, 5.41) is 6.07. The Labute approximate surface area is 168 Å². The third-order valence-electron chi connectivity index (χ3n) is 5.45. The van der Waals surface area contributed by atoms with Crippen LogP contribution in [0.5, 0.6) is 5.75 Å². The van der Waals surface area contributed by atoms with Crippen molar-refractivity contribution in [3.8, 4) is 5.75 Å². The van der Waals surface area contributed by atoms with Gasteiger partial charge in [-0.3, -0.25) is 0 Å². The van der Waals surface area contributed by atoms with Gasteiger partial charge in [-0.25, -0.2) is 4.79 Å². The number of aryl methyl sites for hydroxylation is 3. The van der Waals surface area contributed by atoms with Gasteiger partial charge in [-0.1, -0.05) is 43.3 Å². The summed E-state index contributed by atoms with van der Waals surface area (Å²) >= 11 is 0. The van der Waals surface area contributed by atoms with Gasteiger partial charge in [0.15, 0.2) is 0 Å². The molecule has 0 bridgehead atoms. The van der Waals surface area contributed by atoms with Gasteiger partial charge in [0.2, 0.25) is 0 Å². The van der Waals surface area contributed by atoms with E-state index in [0.29, 0.717) is 13.2 Å². The van der Waals surface area contributed by atoms with E-state index in [1.165, 1.54) is 36.0 Å². The normalized spacial score (nSPS) is 14.1. The fourth-order valence-electron chi connectivity index (χ4n) is 3.78. The summed E-state index contributed by atoms with van der Waals surface area (Å²) in [6.07, 6.45) is 6.56. The minimum absolute atomic E-state index is 0.0513. The number of carbonyl (C=O) groups excluding carboxylic acids is 1. The molecule has 0 aromatic heterocycles. The third kappa shape index (κ3) is 5.51. The van der Waals surface area contributed by atoms with E-state index in [-0.39, 0.29) is 12.1 Å². The largest absolute Gasteiger partial charge is 0.493 e. The first-order valence-electron chi connectivity index (χ1n) is 10.5. The molecule has 3 rings (SSSR count). The molecule has 4 nitrogen and oxygen atoms in total. The molecular formula is C24H32N2O2. The van der Waals surface area contributed by atoms with Crippen molar-refractivity contribution in [2.75, 3.05) is 13.2 Å². The summed E-state index contributed by atoms with van der Waals surface area (Å²) < 4.78 is 5.77. The molecule has 1 atom stereocenters. The highest BCUT2D eigenvalue weighted by Crippen LogP contribution is 2.26. The Morgan fingerprint density at radius 3 is 2.68 bits per heavy atom. The maximum Gasteiger partial charge on any atom is 0.315 e. The van der Waals surface area contributed by atoms with E-state index in [9.17, 15) is 4.79 Å². The molecule has 2 aromatic rings. The number of carbonyl (C=O) groups is 1. The number of fused-ring (bicyclic) bond motifs is 1. The predicted molar refractivity (Wildman–Crippen MR) is 114 cm³/mol. The standard InChI is InChI=1S/C24H32N2O2/c1-3-22(21-14-13-19-10-5-6-11-20(19)17-21)26-24(27)25-15-8-16-28-23-12-7-4-9-18(23)2/h4,7,9,12-14,17,22H,3,5-6,8,10-11,15-16H2,1-2H3,(H2,25,26,27). The Bertz CT molecular complexity index is 788. The molecule has 1 unspecified atom stereocenters. The quantitative estimate of drug-likeness (QED) is 0.627. The van der Waals surface area contributed by atoms with Gasteiger partial charge >= 0.3 is 6.03 Å². The second-order valence-electron chi connectivity index (χ2n) is 7.56. The van der Waals surface area contributed by atoms with Crippen molar-refractivity contribution in [3.63, 3.8) is 0 Å². The summed E-state index contributed by atoms with van der Waals surface area (Å²) in [5.74, 6) is 0.908. The average Bonchev–Trinajstić information content (AvgIpc) is 2.72. The maximum absolute atomic E-state index is 12.3. The summed E-state index contributed by atoms with van der Waals surface area (Å²) in [6.45, 7) is 5.33. The van der Waals surface area contributed by atoms with Crippen LogP contribution in [0.4, 0.5) is 4.79 Å². The van der Waals surface area contributed by atoms with Crippen molar-refractivity contribution in [2.24, 2.45) is 0 Å². The minimum Gasteiger partial charge on any atom is -0.493 e. The molecule has 2 amide bonds. The summed E-state index contributed by atoms with van der Waals surface area (Å²) in [6, 6.07) is 14.6. The molecule has 0 saturated heterocycles. The minimum atomic E-state index is -0.111. The topological polar surface area (TPSA) is 50.4 Å². The molecule has 2 aromatic carbocycles. The molecular weight excluding hydrogens is 348 g/mol. The molecule has 150 valence electrons. The van der Waals surface area contributed by atoms with Crippen LogP contribution < -0.4 is 15.4 Å². The molecule has 0 fully saturated rings. The molecule has 0 spiro atoms. The molecule has 1 aliphatic rings. The van der Waals surface area contributed by atoms with E-state index >= 15 is 0 Å². The maximum atomic E-state index is 12.3. The van der Waals surface area contributed by atoms with Gasteiger partial charge in [-0.15, -0.1) is 0 Å².